The molecule has 4 rings (SSSR count). The van der Waals surface area contributed by atoms with Crippen LogP contribution in [0.2, 0.25) is 0 Å². The van der Waals surface area contributed by atoms with Crippen LogP contribution in [0.25, 0.3) is 0 Å². The third kappa shape index (κ3) is 5.74. The first-order valence-electron chi connectivity index (χ1n) is 10.7. The Labute approximate surface area is 191 Å². The lowest BCUT2D eigenvalue weighted by molar-refractivity contribution is -0.137. The molecule has 170 valence electrons. The Morgan fingerprint density at radius 2 is 1.64 bits per heavy atom. The molecule has 0 saturated carbocycles. The van der Waals surface area contributed by atoms with Gasteiger partial charge in [-0.25, -0.2) is 8.78 Å². The molecule has 2 amide bonds. The number of anilines is 1. The van der Waals surface area contributed by atoms with E-state index in [-0.39, 0.29) is 29.9 Å². The van der Waals surface area contributed by atoms with Gasteiger partial charge in [0, 0.05) is 24.3 Å². The fraction of sp³-hybridized carbons (Fsp3) is 0.231. The lowest BCUT2D eigenvalue weighted by Crippen LogP contribution is -2.39. The van der Waals surface area contributed by atoms with Crippen LogP contribution >= 0.6 is 0 Å². The molecule has 0 fully saturated rings. The van der Waals surface area contributed by atoms with E-state index in [2.05, 4.69) is 5.32 Å². The molecule has 0 aliphatic carbocycles. The molecule has 1 aliphatic heterocycles. The van der Waals surface area contributed by atoms with Gasteiger partial charge in [0.2, 0.25) is 5.91 Å². The summed E-state index contributed by atoms with van der Waals surface area (Å²) < 4.78 is 32.1. The van der Waals surface area contributed by atoms with Gasteiger partial charge in [0.15, 0.2) is 6.10 Å². The van der Waals surface area contributed by atoms with Crippen LogP contribution in [0.15, 0.2) is 66.7 Å². The maximum atomic E-state index is 13.2. The number of hydrogen-bond donors (Lipinski definition) is 1. The van der Waals surface area contributed by atoms with Gasteiger partial charge >= 0.3 is 0 Å². The SMILES string of the molecule is C[C@@H]1Oc2ccc(NC(=O)Cc3ccc(F)cc3)cc2CN(CCc2ccc(F)cc2)C1=O. The number of rotatable bonds is 6. The van der Waals surface area contributed by atoms with Gasteiger partial charge in [0.1, 0.15) is 17.4 Å². The molecular formula is C26H24F2N2O3. The number of nitrogens with one attached hydrogen (secondary N) is 1. The molecule has 0 aromatic heterocycles. The predicted octanol–water partition coefficient (Wildman–Crippen LogP) is 4.50. The second kappa shape index (κ2) is 9.81. The molecule has 0 saturated heterocycles. The maximum absolute atomic E-state index is 13.2. The van der Waals surface area contributed by atoms with Crippen LogP contribution in [0, 0.1) is 11.6 Å². The van der Waals surface area contributed by atoms with Crippen LogP contribution in [0.5, 0.6) is 5.75 Å². The van der Waals surface area contributed by atoms with Crippen molar-refractivity contribution in [2.75, 3.05) is 11.9 Å². The van der Waals surface area contributed by atoms with E-state index in [1.807, 2.05) is 0 Å². The van der Waals surface area contributed by atoms with Crippen molar-refractivity contribution in [1.29, 1.82) is 0 Å². The van der Waals surface area contributed by atoms with E-state index in [0.29, 0.717) is 36.5 Å². The zero-order chi connectivity index (χ0) is 23.4. The van der Waals surface area contributed by atoms with Crippen molar-refractivity contribution in [3.05, 3.63) is 95.1 Å². The quantitative estimate of drug-likeness (QED) is 0.602. The first-order chi connectivity index (χ1) is 15.9. The van der Waals surface area contributed by atoms with E-state index in [1.165, 1.54) is 24.3 Å². The molecule has 1 heterocycles. The number of carbonyl (C=O) groups excluding carboxylic acids is 2. The summed E-state index contributed by atoms with van der Waals surface area (Å²) in [5, 5.41) is 2.85. The summed E-state index contributed by atoms with van der Waals surface area (Å²) in [6.07, 6.45) is 0.0633. The van der Waals surface area contributed by atoms with E-state index in [0.717, 1.165) is 11.1 Å². The Kier molecular flexibility index (Phi) is 6.68. The summed E-state index contributed by atoms with van der Waals surface area (Å²) in [5.41, 5.74) is 3.01. The zero-order valence-corrected chi connectivity index (χ0v) is 18.2. The molecule has 1 N–H and O–H groups in total. The minimum atomic E-state index is -0.640. The Balaban J connectivity index is 1.45. The molecule has 0 bridgehead atoms. The topological polar surface area (TPSA) is 58.6 Å². The van der Waals surface area contributed by atoms with E-state index >= 15 is 0 Å². The highest BCUT2D eigenvalue weighted by molar-refractivity contribution is 5.92. The molecule has 5 nitrogen and oxygen atoms in total. The molecule has 1 atom stereocenters. The molecular weight excluding hydrogens is 426 g/mol. The third-order valence-corrected chi connectivity index (χ3v) is 5.53. The number of ether oxygens (including phenoxy) is 1. The van der Waals surface area contributed by atoms with Crippen LogP contribution in [-0.2, 0) is 29.0 Å². The highest BCUT2D eigenvalue weighted by Gasteiger charge is 2.27. The smallest absolute Gasteiger partial charge is 0.263 e. The van der Waals surface area contributed by atoms with Crippen LogP contribution in [0.3, 0.4) is 0 Å². The van der Waals surface area contributed by atoms with Crippen LogP contribution in [0.1, 0.15) is 23.6 Å². The van der Waals surface area contributed by atoms with Gasteiger partial charge in [0.05, 0.1) is 6.42 Å². The number of benzene rings is 3. The van der Waals surface area contributed by atoms with Crippen LogP contribution in [0.4, 0.5) is 14.5 Å². The van der Waals surface area contributed by atoms with Gasteiger partial charge in [0.25, 0.3) is 5.91 Å². The number of hydrogen-bond acceptors (Lipinski definition) is 3. The summed E-state index contributed by atoms with van der Waals surface area (Å²) in [6, 6.07) is 17.3. The average Bonchev–Trinajstić information content (AvgIpc) is 2.91. The number of carbonyl (C=O) groups is 2. The highest BCUT2D eigenvalue weighted by Crippen LogP contribution is 2.29. The fourth-order valence-corrected chi connectivity index (χ4v) is 3.77. The highest BCUT2D eigenvalue weighted by atomic mass is 19.1. The second-order valence-electron chi connectivity index (χ2n) is 8.07. The normalized spacial score (nSPS) is 15.4. The van der Waals surface area contributed by atoms with Crippen molar-refractivity contribution in [3.8, 4) is 5.75 Å². The minimum absolute atomic E-state index is 0.118. The summed E-state index contributed by atoms with van der Waals surface area (Å²) in [6.45, 7) is 2.50. The number of halogens is 2. The molecule has 3 aromatic rings. The number of amides is 2. The van der Waals surface area contributed by atoms with Crippen molar-refractivity contribution in [2.24, 2.45) is 0 Å². The summed E-state index contributed by atoms with van der Waals surface area (Å²) in [7, 11) is 0. The monoisotopic (exact) mass is 450 g/mol. The van der Waals surface area contributed by atoms with Crippen molar-refractivity contribution < 1.29 is 23.1 Å². The lowest BCUT2D eigenvalue weighted by Gasteiger charge is -2.22. The first kappa shape index (κ1) is 22.5. The molecule has 1 aliphatic rings. The van der Waals surface area contributed by atoms with E-state index in [9.17, 15) is 18.4 Å². The predicted molar refractivity (Wildman–Crippen MR) is 121 cm³/mol. The molecule has 7 heteroatoms. The molecule has 33 heavy (non-hydrogen) atoms. The zero-order valence-electron chi connectivity index (χ0n) is 18.2. The van der Waals surface area contributed by atoms with Gasteiger partial charge in [-0.2, -0.15) is 0 Å². The van der Waals surface area contributed by atoms with Crippen LogP contribution in [-0.4, -0.2) is 29.4 Å². The number of nitrogens with zero attached hydrogens (tertiary/aromatic N) is 1. The van der Waals surface area contributed by atoms with Crippen molar-refractivity contribution in [1.82, 2.24) is 4.90 Å². The number of fused-ring (bicyclic) bond motifs is 1. The van der Waals surface area contributed by atoms with Gasteiger partial charge in [-0.1, -0.05) is 24.3 Å². The average molecular weight is 450 g/mol. The first-order valence-corrected chi connectivity index (χ1v) is 10.7. The maximum Gasteiger partial charge on any atom is 0.263 e. The Hall–Kier alpha value is -3.74. The van der Waals surface area contributed by atoms with Gasteiger partial charge in [-0.3, -0.25) is 9.59 Å². The van der Waals surface area contributed by atoms with Gasteiger partial charge in [-0.15, -0.1) is 0 Å². The standard InChI is InChI=1S/C26H24F2N2O3/c1-17-26(32)30(13-12-18-2-6-21(27)7-3-18)16-20-15-23(10-11-24(20)33-17)29-25(31)14-19-4-8-22(28)9-5-19/h2-11,15,17H,12-14,16H2,1H3,(H,29,31)/t17-/m0/s1. The van der Waals surface area contributed by atoms with E-state index in [4.69, 9.17) is 4.74 Å². The Bertz CT molecular complexity index is 1150. The van der Waals surface area contributed by atoms with Gasteiger partial charge in [-0.05, 0) is 66.9 Å². The fourth-order valence-electron chi connectivity index (χ4n) is 3.77. The van der Waals surface area contributed by atoms with Crippen molar-refractivity contribution in [2.45, 2.75) is 32.4 Å². The molecule has 0 spiro atoms. The Morgan fingerprint density at radius 3 is 2.30 bits per heavy atom. The Morgan fingerprint density at radius 1 is 1.00 bits per heavy atom. The van der Waals surface area contributed by atoms with E-state index < -0.39 is 6.10 Å². The van der Waals surface area contributed by atoms with Crippen LogP contribution < -0.4 is 10.1 Å². The second-order valence-corrected chi connectivity index (χ2v) is 8.07. The lowest BCUT2D eigenvalue weighted by atomic mass is 10.1. The van der Waals surface area contributed by atoms with E-state index in [1.54, 1.807) is 54.3 Å². The third-order valence-electron chi connectivity index (χ3n) is 5.53. The summed E-state index contributed by atoms with van der Waals surface area (Å²) >= 11 is 0. The largest absolute Gasteiger partial charge is 0.481 e. The van der Waals surface area contributed by atoms with Gasteiger partial charge < -0.3 is 15.0 Å². The minimum Gasteiger partial charge on any atom is -0.481 e. The van der Waals surface area contributed by atoms with Crippen molar-refractivity contribution in [3.63, 3.8) is 0 Å². The molecule has 0 unspecified atom stereocenters. The molecule has 3 aromatic carbocycles. The summed E-state index contributed by atoms with van der Waals surface area (Å²) in [4.78, 5) is 27.0. The molecule has 0 radical (unpaired) electrons. The summed E-state index contributed by atoms with van der Waals surface area (Å²) in [5.74, 6) is -0.409. The van der Waals surface area contributed by atoms with Crippen molar-refractivity contribution >= 4 is 17.5 Å².